The van der Waals surface area contributed by atoms with Crippen LogP contribution < -0.4 is 5.32 Å². The van der Waals surface area contributed by atoms with Gasteiger partial charge in [-0.05, 0) is 38.5 Å². The summed E-state index contributed by atoms with van der Waals surface area (Å²) in [6, 6.07) is 6.53. The van der Waals surface area contributed by atoms with Gasteiger partial charge in [0, 0.05) is 19.7 Å². The van der Waals surface area contributed by atoms with Crippen molar-refractivity contribution in [3.8, 4) is 0 Å². The molecule has 0 saturated carbocycles. The fraction of sp³-hybridized carbons (Fsp3) is 0.611. The summed E-state index contributed by atoms with van der Waals surface area (Å²) in [4.78, 5) is 6.85. The average Bonchev–Trinajstić information content (AvgIpc) is 2.58. The van der Waals surface area contributed by atoms with Gasteiger partial charge in [0.25, 0.3) is 0 Å². The van der Waals surface area contributed by atoms with Crippen molar-refractivity contribution in [3.05, 3.63) is 35.6 Å². The van der Waals surface area contributed by atoms with Gasteiger partial charge in [-0.3, -0.25) is 4.99 Å². The monoisotopic (exact) mass is 337 g/mol. The summed E-state index contributed by atoms with van der Waals surface area (Å²) in [5.74, 6) is 0.643. The molecule has 2 rings (SSSR count). The lowest BCUT2D eigenvalue weighted by Crippen LogP contribution is -2.50. The van der Waals surface area contributed by atoms with E-state index in [0.29, 0.717) is 26.3 Å². The highest BCUT2D eigenvalue weighted by Gasteiger charge is 2.28. The number of hydrogen-bond acceptors (Lipinski definition) is 3. The molecule has 2 unspecified atom stereocenters. The molecule has 0 aliphatic carbocycles. The van der Waals surface area contributed by atoms with E-state index < -0.39 is 0 Å². The molecule has 1 heterocycles. The summed E-state index contributed by atoms with van der Waals surface area (Å²) >= 11 is 0. The van der Waals surface area contributed by atoms with Crippen LogP contribution in [-0.2, 0) is 9.47 Å². The highest BCUT2D eigenvalue weighted by atomic mass is 19.1. The lowest BCUT2D eigenvalue weighted by atomic mass is 10.1. The first kappa shape index (κ1) is 18.7. The summed E-state index contributed by atoms with van der Waals surface area (Å²) in [5, 5.41) is 3.34. The van der Waals surface area contributed by atoms with Gasteiger partial charge in [0.15, 0.2) is 5.96 Å². The van der Waals surface area contributed by atoms with Crippen LogP contribution in [0.25, 0.3) is 0 Å². The highest BCUT2D eigenvalue weighted by molar-refractivity contribution is 5.80. The van der Waals surface area contributed by atoms with Gasteiger partial charge in [0.2, 0.25) is 0 Å². The number of rotatable bonds is 6. The lowest BCUT2D eigenvalue weighted by Gasteiger charge is -2.38. The van der Waals surface area contributed by atoms with Crippen LogP contribution in [0.5, 0.6) is 0 Å². The Labute approximate surface area is 143 Å². The van der Waals surface area contributed by atoms with Gasteiger partial charge >= 0.3 is 0 Å². The molecule has 0 spiro atoms. The Bertz CT molecular complexity index is 522. The fourth-order valence-electron chi connectivity index (χ4n) is 2.77. The highest BCUT2D eigenvalue weighted by Crippen LogP contribution is 2.25. The lowest BCUT2D eigenvalue weighted by molar-refractivity contribution is -0.0605. The number of morpholine rings is 1. The quantitative estimate of drug-likeness (QED) is 0.492. The molecule has 2 atom stereocenters. The van der Waals surface area contributed by atoms with E-state index in [4.69, 9.17) is 9.47 Å². The third-order valence-corrected chi connectivity index (χ3v) is 3.84. The van der Waals surface area contributed by atoms with Gasteiger partial charge < -0.3 is 19.7 Å². The minimum Gasteiger partial charge on any atom is -0.380 e. The second kappa shape index (κ2) is 9.59. The van der Waals surface area contributed by atoms with Crippen molar-refractivity contribution in [1.29, 1.82) is 0 Å². The van der Waals surface area contributed by atoms with Gasteiger partial charge in [-0.15, -0.1) is 0 Å². The Morgan fingerprint density at radius 2 is 2.08 bits per heavy atom. The number of nitrogens with zero attached hydrogens (tertiary/aromatic N) is 2. The minimum absolute atomic E-state index is 0.0737. The first-order valence-electron chi connectivity index (χ1n) is 8.66. The SMILES string of the molecule is CCNC(=NCCOCC)N1CC(C)OC(c2ccc(F)cc2)C1. The second-order valence-corrected chi connectivity index (χ2v) is 5.82. The van der Waals surface area contributed by atoms with Crippen molar-refractivity contribution < 1.29 is 13.9 Å². The molecule has 1 N–H and O–H groups in total. The maximum atomic E-state index is 13.1. The number of nitrogens with one attached hydrogen (secondary N) is 1. The summed E-state index contributed by atoms with van der Waals surface area (Å²) in [7, 11) is 0. The average molecular weight is 337 g/mol. The van der Waals surface area contributed by atoms with Crippen LogP contribution in [0.15, 0.2) is 29.3 Å². The van der Waals surface area contributed by atoms with Crippen molar-refractivity contribution in [2.75, 3.05) is 39.4 Å². The van der Waals surface area contributed by atoms with Crippen molar-refractivity contribution in [2.24, 2.45) is 4.99 Å². The van der Waals surface area contributed by atoms with Crippen LogP contribution in [-0.4, -0.2) is 56.4 Å². The molecule has 24 heavy (non-hydrogen) atoms. The molecule has 1 aliphatic rings. The van der Waals surface area contributed by atoms with Crippen LogP contribution in [0.1, 0.15) is 32.4 Å². The van der Waals surface area contributed by atoms with E-state index in [-0.39, 0.29) is 18.0 Å². The van der Waals surface area contributed by atoms with Crippen molar-refractivity contribution >= 4 is 5.96 Å². The zero-order chi connectivity index (χ0) is 17.4. The second-order valence-electron chi connectivity index (χ2n) is 5.82. The summed E-state index contributed by atoms with van der Waals surface area (Å²) < 4.78 is 24.5. The van der Waals surface area contributed by atoms with Gasteiger partial charge in [-0.2, -0.15) is 0 Å². The predicted molar refractivity (Wildman–Crippen MR) is 93.7 cm³/mol. The predicted octanol–water partition coefficient (Wildman–Crippen LogP) is 2.59. The zero-order valence-corrected chi connectivity index (χ0v) is 14.8. The third-order valence-electron chi connectivity index (χ3n) is 3.84. The maximum absolute atomic E-state index is 13.1. The molecule has 1 fully saturated rings. The Morgan fingerprint density at radius 1 is 1.33 bits per heavy atom. The van der Waals surface area contributed by atoms with E-state index >= 15 is 0 Å². The number of guanidine groups is 1. The first-order valence-corrected chi connectivity index (χ1v) is 8.66. The van der Waals surface area contributed by atoms with E-state index in [2.05, 4.69) is 22.1 Å². The minimum atomic E-state index is -0.231. The standard InChI is InChI=1S/C18H28FN3O2/c1-4-20-18(21-10-11-23-5-2)22-12-14(3)24-17(13-22)15-6-8-16(19)9-7-15/h6-9,14,17H,4-5,10-13H2,1-3H3,(H,20,21). The number of halogens is 1. The van der Waals surface area contributed by atoms with E-state index in [1.165, 1.54) is 12.1 Å². The molecule has 5 nitrogen and oxygen atoms in total. The zero-order valence-electron chi connectivity index (χ0n) is 14.8. The molecule has 1 aliphatic heterocycles. The summed E-state index contributed by atoms with van der Waals surface area (Å²) in [6.45, 7) is 10.3. The van der Waals surface area contributed by atoms with Crippen LogP contribution in [0.2, 0.25) is 0 Å². The van der Waals surface area contributed by atoms with Gasteiger partial charge in [0.05, 0.1) is 25.8 Å². The largest absolute Gasteiger partial charge is 0.380 e. The molecule has 0 bridgehead atoms. The molecular formula is C18H28FN3O2. The van der Waals surface area contributed by atoms with Crippen molar-refractivity contribution in [1.82, 2.24) is 10.2 Å². The summed E-state index contributed by atoms with van der Waals surface area (Å²) in [5.41, 5.74) is 0.984. The third kappa shape index (κ3) is 5.46. The Balaban J connectivity index is 2.07. The van der Waals surface area contributed by atoms with E-state index in [1.807, 2.05) is 13.8 Å². The summed E-state index contributed by atoms with van der Waals surface area (Å²) in [6.07, 6.45) is -0.0188. The molecule has 1 saturated heterocycles. The van der Waals surface area contributed by atoms with E-state index in [0.717, 1.165) is 24.6 Å². The number of benzene rings is 1. The molecule has 0 radical (unpaired) electrons. The normalized spacial score (nSPS) is 21.8. The molecule has 1 aromatic carbocycles. The fourth-order valence-corrected chi connectivity index (χ4v) is 2.77. The van der Waals surface area contributed by atoms with Gasteiger partial charge in [0.1, 0.15) is 11.9 Å². The Kier molecular flexibility index (Phi) is 7.46. The molecule has 134 valence electrons. The van der Waals surface area contributed by atoms with Crippen LogP contribution in [0, 0.1) is 5.82 Å². The molecule has 1 aromatic rings. The molecule has 0 aromatic heterocycles. The smallest absolute Gasteiger partial charge is 0.194 e. The van der Waals surface area contributed by atoms with Gasteiger partial charge in [-0.25, -0.2) is 4.39 Å². The number of ether oxygens (including phenoxy) is 2. The Morgan fingerprint density at radius 3 is 2.75 bits per heavy atom. The van der Waals surface area contributed by atoms with E-state index in [9.17, 15) is 4.39 Å². The topological polar surface area (TPSA) is 46.1 Å². The van der Waals surface area contributed by atoms with Crippen LogP contribution in [0.4, 0.5) is 4.39 Å². The molecule has 0 amide bonds. The Hall–Kier alpha value is -1.66. The van der Waals surface area contributed by atoms with Gasteiger partial charge in [-0.1, -0.05) is 12.1 Å². The van der Waals surface area contributed by atoms with Crippen LogP contribution in [0.3, 0.4) is 0 Å². The van der Waals surface area contributed by atoms with Crippen molar-refractivity contribution in [2.45, 2.75) is 33.0 Å². The molecule has 6 heteroatoms. The maximum Gasteiger partial charge on any atom is 0.194 e. The molecular weight excluding hydrogens is 309 g/mol. The number of aliphatic imine (C=N–C) groups is 1. The first-order chi connectivity index (χ1) is 11.6. The van der Waals surface area contributed by atoms with Crippen LogP contribution >= 0.6 is 0 Å². The van der Waals surface area contributed by atoms with Crippen molar-refractivity contribution in [3.63, 3.8) is 0 Å². The van der Waals surface area contributed by atoms with E-state index in [1.54, 1.807) is 12.1 Å². The number of hydrogen-bond donors (Lipinski definition) is 1.